The Morgan fingerprint density at radius 1 is 1.06 bits per heavy atom. The van der Waals surface area contributed by atoms with Crippen molar-refractivity contribution in [2.24, 2.45) is 5.92 Å². The van der Waals surface area contributed by atoms with Gasteiger partial charge in [-0.2, -0.15) is 0 Å². The highest BCUT2D eigenvalue weighted by atomic mass is 35.6. The molecule has 1 unspecified atom stereocenters. The molecule has 8 heteroatoms. The summed E-state index contributed by atoms with van der Waals surface area (Å²) in [5, 5.41) is 0. The molecule has 0 amide bonds. The van der Waals surface area contributed by atoms with Gasteiger partial charge in [0, 0.05) is 0 Å². The summed E-state index contributed by atoms with van der Waals surface area (Å²) in [5.74, 6) is -1.08. The molecule has 0 N–H and O–H groups in total. The smallest absolute Gasteiger partial charge is 0.311 e. The van der Waals surface area contributed by atoms with Crippen molar-refractivity contribution < 1.29 is 9.53 Å². The SMILES string of the molecule is CC(C)C(=O)OC(Cl)(Cl)C(C)(Cl)C(Cl)(Cl)Cl. The van der Waals surface area contributed by atoms with Crippen molar-refractivity contribution in [2.75, 3.05) is 0 Å². The Balaban J connectivity index is 4.99. The van der Waals surface area contributed by atoms with Crippen LogP contribution in [0.1, 0.15) is 20.8 Å². The third-order valence-corrected chi connectivity index (χ3v) is 4.86. The summed E-state index contributed by atoms with van der Waals surface area (Å²) in [6.45, 7) is 4.47. The van der Waals surface area contributed by atoms with Crippen molar-refractivity contribution in [1.29, 1.82) is 0 Å². The molecule has 0 fully saturated rings. The Morgan fingerprint density at radius 3 is 1.69 bits per heavy atom. The first-order valence-electron chi connectivity index (χ1n) is 4.19. The summed E-state index contributed by atoms with van der Waals surface area (Å²) in [5.41, 5.74) is 0. The van der Waals surface area contributed by atoms with Gasteiger partial charge in [-0.05, 0) is 6.92 Å². The van der Waals surface area contributed by atoms with Gasteiger partial charge in [0.2, 0.25) is 3.79 Å². The van der Waals surface area contributed by atoms with E-state index in [9.17, 15) is 4.79 Å². The van der Waals surface area contributed by atoms with E-state index in [1.54, 1.807) is 13.8 Å². The Bertz CT molecular complexity index is 268. The molecule has 0 saturated carbocycles. The number of carbonyl (C=O) groups is 1. The van der Waals surface area contributed by atoms with Crippen LogP contribution in [0.3, 0.4) is 0 Å². The molecule has 0 bridgehead atoms. The minimum Gasteiger partial charge on any atom is -0.426 e. The van der Waals surface area contributed by atoms with Gasteiger partial charge in [0.05, 0.1) is 5.92 Å². The average molecular weight is 351 g/mol. The molecule has 0 aromatic carbocycles. The van der Waals surface area contributed by atoms with Crippen LogP contribution < -0.4 is 0 Å². The molecule has 16 heavy (non-hydrogen) atoms. The lowest BCUT2D eigenvalue weighted by atomic mass is 10.2. The van der Waals surface area contributed by atoms with Gasteiger partial charge in [-0.1, -0.05) is 71.9 Å². The largest absolute Gasteiger partial charge is 0.426 e. The Morgan fingerprint density at radius 2 is 1.44 bits per heavy atom. The fraction of sp³-hybridized carbons (Fsp3) is 0.875. The Kier molecular flexibility index (Phi) is 5.87. The first-order valence-corrected chi connectivity index (χ1v) is 6.46. The molecule has 0 aliphatic rings. The van der Waals surface area contributed by atoms with Crippen molar-refractivity contribution in [3.05, 3.63) is 0 Å². The fourth-order valence-corrected chi connectivity index (χ4v) is 1.67. The first-order chi connectivity index (χ1) is 6.83. The number of alkyl halides is 6. The molecule has 1 atom stereocenters. The zero-order valence-corrected chi connectivity index (χ0v) is 13.2. The zero-order chi connectivity index (χ0) is 13.4. The van der Waals surface area contributed by atoms with E-state index in [0.717, 1.165) is 0 Å². The van der Waals surface area contributed by atoms with Crippen LogP contribution in [-0.2, 0) is 9.53 Å². The number of carbonyl (C=O) groups excluding carboxylic acids is 1. The third-order valence-electron chi connectivity index (χ3n) is 1.78. The number of halogens is 6. The second kappa shape index (κ2) is 5.46. The third kappa shape index (κ3) is 3.86. The highest BCUT2D eigenvalue weighted by molar-refractivity contribution is 6.72. The first kappa shape index (κ1) is 17.2. The summed E-state index contributed by atoms with van der Waals surface area (Å²) < 4.78 is 0.641. The van der Waals surface area contributed by atoms with E-state index >= 15 is 0 Å². The van der Waals surface area contributed by atoms with E-state index in [2.05, 4.69) is 0 Å². The van der Waals surface area contributed by atoms with Crippen LogP contribution in [0.2, 0.25) is 0 Å². The average Bonchev–Trinajstić information content (AvgIpc) is 2.00. The van der Waals surface area contributed by atoms with Gasteiger partial charge in [0.25, 0.3) is 4.52 Å². The van der Waals surface area contributed by atoms with Crippen LogP contribution in [0.5, 0.6) is 0 Å². The minimum atomic E-state index is -2.15. The second-order valence-corrected chi connectivity index (χ2v) is 7.89. The maximum absolute atomic E-state index is 11.4. The maximum Gasteiger partial charge on any atom is 0.311 e. The van der Waals surface area contributed by atoms with Crippen LogP contribution in [0.4, 0.5) is 0 Å². The molecule has 2 nitrogen and oxygen atoms in total. The van der Waals surface area contributed by atoms with E-state index in [1.165, 1.54) is 6.92 Å². The van der Waals surface area contributed by atoms with Gasteiger partial charge in [0.15, 0.2) is 4.87 Å². The van der Waals surface area contributed by atoms with Gasteiger partial charge in [0.1, 0.15) is 0 Å². The van der Waals surface area contributed by atoms with Crippen molar-refractivity contribution in [3.63, 3.8) is 0 Å². The lowest BCUT2D eigenvalue weighted by molar-refractivity contribution is -0.152. The standard InChI is InChI=1S/C8H10Cl6O2/c1-4(2)5(15)16-8(13,14)6(3,9)7(10,11)12/h4H,1-3H3. The number of esters is 1. The van der Waals surface area contributed by atoms with E-state index < -0.39 is 25.1 Å². The lowest BCUT2D eigenvalue weighted by Gasteiger charge is -2.38. The quantitative estimate of drug-likeness (QED) is 0.545. The number of hydrogen-bond donors (Lipinski definition) is 0. The molecule has 0 spiro atoms. The molecule has 0 saturated heterocycles. The van der Waals surface area contributed by atoms with Crippen molar-refractivity contribution in [1.82, 2.24) is 0 Å². The number of ether oxygens (including phenoxy) is 1. The zero-order valence-electron chi connectivity index (χ0n) is 8.66. The summed E-state index contributed by atoms with van der Waals surface area (Å²) >= 11 is 34.3. The van der Waals surface area contributed by atoms with Gasteiger partial charge in [-0.15, -0.1) is 11.6 Å². The Hall–Kier alpha value is 1.21. The van der Waals surface area contributed by atoms with Crippen molar-refractivity contribution in [2.45, 2.75) is 34.0 Å². The molecule has 0 aliphatic heterocycles. The molecule has 0 rings (SSSR count). The van der Waals surface area contributed by atoms with Crippen LogP contribution >= 0.6 is 69.6 Å². The number of rotatable bonds is 3. The van der Waals surface area contributed by atoms with E-state index in [0.29, 0.717) is 0 Å². The number of hydrogen-bond acceptors (Lipinski definition) is 2. The summed E-state index contributed by atoms with van der Waals surface area (Å²) in [7, 11) is 0. The summed E-state index contributed by atoms with van der Waals surface area (Å²) in [6, 6.07) is 0. The molecular formula is C8H10Cl6O2. The normalized spacial score (nSPS) is 17.1. The van der Waals surface area contributed by atoms with Crippen LogP contribution in [0.25, 0.3) is 0 Å². The second-order valence-electron chi connectivity index (χ2n) is 3.59. The Labute approximate surface area is 124 Å². The van der Waals surface area contributed by atoms with Gasteiger partial charge < -0.3 is 4.74 Å². The van der Waals surface area contributed by atoms with Crippen molar-refractivity contribution >= 4 is 75.6 Å². The van der Waals surface area contributed by atoms with Crippen LogP contribution in [-0.4, -0.2) is 19.2 Å². The van der Waals surface area contributed by atoms with Crippen LogP contribution in [0, 0.1) is 5.92 Å². The predicted molar refractivity (Wildman–Crippen MR) is 69.9 cm³/mol. The topological polar surface area (TPSA) is 26.3 Å². The van der Waals surface area contributed by atoms with E-state index in [4.69, 9.17) is 74.3 Å². The monoisotopic (exact) mass is 348 g/mol. The van der Waals surface area contributed by atoms with Crippen molar-refractivity contribution in [3.8, 4) is 0 Å². The maximum atomic E-state index is 11.4. The molecule has 0 aliphatic carbocycles. The summed E-state index contributed by atoms with van der Waals surface area (Å²) in [6.07, 6.45) is 0. The minimum absolute atomic E-state index is 0.431. The molecular weight excluding hydrogens is 341 g/mol. The molecule has 0 aromatic heterocycles. The highest BCUT2D eigenvalue weighted by Gasteiger charge is 2.60. The highest BCUT2D eigenvalue weighted by Crippen LogP contribution is 2.53. The molecule has 0 radical (unpaired) electrons. The molecule has 96 valence electrons. The van der Waals surface area contributed by atoms with Gasteiger partial charge >= 0.3 is 5.97 Å². The predicted octanol–water partition coefficient (Wildman–Crippen LogP) is 4.68. The fourth-order valence-electron chi connectivity index (χ4n) is 0.505. The van der Waals surface area contributed by atoms with Gasteiger partial charge in [-0.25, -0.2) is 0 Å². The van der Waals surface area contributed by atoms with E-state index in [1.807, 2.05) is 0 Å². The summed E-state index contributed by atoms with van der Waals surface area (Å²) in [4.78, 5) is 9.56. The van der Waals surface area contributed by atoms with Gasteiger partial charge in [-0.3, -0.25) is 4.79 Å². The molecule has 0 heterocycles. The van der Waals surface area contributed by atoms with Crippen LogP contribution in [0.15, 0.2) is 0 Å². The molecule has 0 aromatic rings. The lowest BCUT2D eigenvalue weighted by Crippen LogP contribution is -2.51. The van der Waals surface area contributed by atoms with E-state index in [-0.39, 0.29) is 0 Å².